The number of aliphatic hydroxyl groups is 1. The average Bonchev–Trinajstić information content (AvgIpc) is 3.03. The van der Waals surface area contributed by atoms with Crippen LogP contribution in [0.25, 0.3) is 6.08 Å². The van der Waals surface area contributed by atoms with Gasteiger partial charge in [0.1, 0.15) is 16.4 Å². The molecule has 150 valence electrons. The Labute approximate surface area is 173 Å². The monoisotopic (exact) mass is 411 g/mol. The van der Waals surface area contributed by atoms with Crippen LogP contribution in [0.3, 0.4) is 0 Å². The minimum Gasteiger partial charge on any atom is -0.506 e. The van der Waals surface area contributed by atoms with Crippen molar-refractivity contribution in [2.24, 2.45) is 4.99 Å². The molecule has 0 aliphatic carbocycles. The van der Waals surface area contributed by atoms with E-state index in [-0.39, 0.29) is 17.9 Å². The highest BCUT2D eigenvalue weighted by atomic mass is 32.2. The maximum Gasteiger partial charge on any atom is 0.344 e. The third-order valence-corrected chi connectivity index (χ3v) is 5.08. The third kappa shape index (κ3) is 4.63. The Balaban J connectivity index is 2.03. The number of aliphatic hydroxyl groups excluding tert-OH is 1. The topological polar surface area (TPSA) is 77.4 Å². The molecule has 2 aromatic carbocycles. The van der Waals surface area contributed by atoms with Crippen LogP contribution in [-0.4, -0.2) is 36.9 Å². The number of hydrogen-bond donors (Lipinski definition) is 1. The molecule has 3 rings (SSSR count). The highest BCUT2D eigenvalue weighted by molar-refractivity contribution is 8.18. The molecule has 0 saturated heterocycles. The summed E-state index contributed by atoms with van der Waals surface area (Å²) in [6.07, 6.45) is 1.76. The Kier molecular flexibility index (Phi) is 6.61. The van der Waals surface area contributed by atoms with Gasteiger partial charge in [0.15, 0.2) is 11.5 Å². The molecule has 6 nitrogen and oxygen atoms in total. The molecule has 7 heteroatoms. The summed E-state index contributed by atoms with van der Waals surface area (Å²) in [5, 5.41) is 11.1. The van der Waals surface area contributed by atoms with Gasteiger partial charge in [-0.1, -0.05) is 36.0 Å². The second kappa shape index (κ2) is 9.34. The smallest absolute Gasteiger partial charge is 0.344 e. The predicted molar refractivity (Wildman–Crippen MR) is 115 cm³/mol. The summed E-state index contributed by atoms with van der Waals surface area (Å²) in [5.74, 6) is 0.407. The minimum atomic E-state index is -0.608. The van der Waals surface area contributed by atoms with Crippen LogP contribution in [0.4, 0.5) is 5.69 Å². The van der Waals surface area contributed by atoms with Gasteiger partial charge in [-0.2, -0.15) is 0 Å². The lowest BCUT2D eigenvalue weighted by Gasteiger charge is -2.08. The molecule has 1 aliphatic rings. The number of ether oxygens (including phenoxy) is 3. The Morgan fingerprint density at radius 3 is 2.48 bits per heavy atom. The zero-order valence-corrected chi connectivity index (χ0v) is 17.2. The highest BCUT2D eigenvalue weighted by Gasteiger charge is 2.33. The SMILES string of the molecule is CCOC(=O)C1=C(O)/C(=C/c2ccc(OC)c(OC)c2)SC1=Nc1ccccc1. The number of methoxy groups -OCH3 is 2. The molecule has 0 atom stereocenters. The molecule has 0 spiro atoms. The van der Waals surface area contributed by atoms with E-state index in [0.29, 0.717) is 27.1 Å². The first kappa shape index (κ1) is 20.5. The molecule has 0 amide bonds. The summed E-state index contributed by atoms with van der Waals surface area (Å²) >= 11 is 1.21. The fourth-order valence-corrected chi connectivity index (χ4v) is 3.74. The maximum atomic E-state index is 12.4. The summed E-state index contributed by atoms with van der Waals surface area (Å²) in [5.41, 5.74) is 1.52. The molecule has 0 radical (unpaired) electrons. The number of hydrogen-bond acceptors (Lipinski definition) is 7. The summed E-state index contributed by atoms with van der Waals surface area (Å²) in [6.45, 7) is 1.92. The molecule has 29 heavy (non-hydrogen) atoms. The average molecular weight is 411 g/mol. The number of benzene rings is 2. The zero-order valence-electron chi connectivity index (χ0n) is 16.3. The summed E-state index contributed by atoms with van der Waals surface area (Å²) in [4.78, 5) is 17.5. The van der Waals surface area contributed by atoms with E-state index in [9.17, 15) is 9.90 Å². The van der Waals surface area contributed by atoms with Crippen molar-refractivity contribution < 1.29 is 24.1 Å². The van der Waals surface area contributed by atoms with E-state index in [4.69, 9.17) is 14.2 Å². The van der Waals surface area contributed by atoms with Gasteiger partial charge in [-0.25, -0.2) is 9.79 Å². The van der Waals surface area contributed by atoms with Gasteiger partial charge in [-0.3, -0.25) is 0 Å². The van der Waals surface area contributed by atoms with E-state index >= 15 is 0 Å². The van der Waals surface area contributed by atoms with Crippen LogP contribution in [0.2, 0.25) is 0 Å². The Morgan fingerprint density at radius 2 is 1.83 bits per heavy atom. The van der Waals surface area contributed by atoms with E-state index in [1.54, 1.807) is 39.4 Å². The number of nitrogens with zero attached hydrogens (tertiary/aromatic N) is 1. The number of aliphatic imine (C=N–C) groups is 1. The van der Waals surface area contributed by atoms with Crippen LogP contribution in [0.5, 0.6) is 11.5 Å². The first-order valence-corrected chi connectivity index (χ1v) is 9.75. The maximum absolute atomic E-state index is 12.4. The Bertz CT molecular complexity index is 996. The fraction of sp³-hybridized carbons (Fsp3) is 0.182. The van der Waals surface area contributed by atoms with Crippen LogP contribution in [0.1, 0.15) is 12.5 Å². The van der Waals surface area contributed by atoms with E-state index in [0.717, 1.165) is 5.56 Å². The molecular weight excluding hydrogens is 390 g/mol. The third-order valence-electron chi connectivity index (χ3n) is 4.06. The molecule has 0 bridgehead atoms. The molecule has 0 aromatic heterocycles. The van der Waals surface area contributed by atoms with Crippen molar-refractivity contribution in [1.29, 1.82) is 0 Å². The van der Waals surface area contributed by atoms with Gasteiger partial charge in [-0.05, 0) is 42.8 Å². The van der Waals surface area contributed by atoms with Crippen LogP contribution < -0.4 is 9.47 Å². The zero-order chi connectivity index (χ0) is 20.8. The van der Waals surface area contributed by atoms with Crippen molar-refractivity contribution in [3.8, 4) is 11.5 Å². The number of carbonyl (C=O) groups is 1. The molecule has 1 aliphatic heterocycles. The lowest BCUT2D eigenvalue weighted by Crippen LogP contribution is -2.12. The number of thioether (sulfide) groups is 1. The van der Waals surface area contributed by atoms with Crippen LogP contribution in [0.15, 0.2) is 69.8 Å². The van der Waals surface area contributed by atoms with Crippen molar-refractivity contribution in [2.45, 2.75) is 6.92 Å². The lowest BCUT2D eigenvalue weighted by molar-refractivity contribution is -0.138. The van der Waals surface area contributed by atoms with Gasteiger partial charge >= 0.3 is 5.97 Å². The number of rotatable bonds is 6. The van der Waals surface area contributed by atoms with Crippen LogP contribution in [0, 0.1) is 0 Å². The minimum absolute atomic E-state index is 0.0624. The van der Waals surface area contributed by atoms with E-state index in [1.807, 2.05) is 36.4 Å². The quantitative estimate of drug-likeness (QED) is 0.682. The molecule has 0 saturated carbocycles. The van der Waals surface area contributed by atoms with E-state index < -0.39 is 5.97 Å². The van der Waals surface area contributed by atoms with Gasteiger partial charge in [0.2, 0.25) is 0 Å². The van der Waals surface area contributed by atoms with Crippen molar-refractivity contribution in [1.82, 2.24) is 0 Å². The standard InChI is InChI=1S/C22H21NO5S/c1-4-28-22(25)19-20(24)18(29-21(19)23-15-8-6-5-7-9-15)13-14-10-11-16(26-2)17(12-14)27-3/h5-13,24H,4H2,1-3H3/b18-13-,23-21?. The largest absolute Gasteiger partial charge is 0.506 e. The van der Waals surface area contributed by atoms with Crippen molar-refractivity contribution in [3.05, 3.63) is 70.3 Å². The summed E-state index contributed by atoms with van der Waals surface area (Å²) in [6, 6.07) is 14.6. The number of para-hydroxylation sites is 1. The summed E-state index contributed by atoms with van der Waals surface area (Å²) < 4.78 is 15.7. The second-order valence-corrected chi connectivity index (χ2v) is 6.95. The fourth-order valence-electron chi connectivity index (χ4n) is 2.71. The predicted octanol–water partition coefficient (Wildman–Crippen LogP) is 4.90. The first-order chi connectivity index (χ1) is 14.1. The number of esters is 1. The van der Waals surface area contributed by atoms with Crippen LogP contribution >= 0.6 is 11.8 Å². The van der Waals surface area contributed by atoms with Gasteiger partial charge < -0.3 is 19.3 Å². The molecule has 1 N–H and O–H groups in total. The number of carbonyl (C=O) groups excluding carboxylic acids is 1. The normalized spacial score (nSPS) is 16.4. The molecule has 1 heterocycles. The Morgan fingerprint density at radius 1 is 1.10 bits per heavy atom. The molecule has 2 aromatic rings. The van der Waals surface area contributed by atoms with Crippen molar-refractivity contribution >= 4 is 34.5 Å². The van der Waals surface area contributed by atoms with Gasteiger partial charge in [0.25, 0.3) is 0 Å². The molecule has 0 unspecified atom stereocenters. The molecule has 0 fully saturated rings. The van der Waals surface area contributed by atoms with Gasteiger partial charge in [0, 0.05) is 0 Å². The van der Waals surface area contributed by atoms with Gasteiger partial charge in [0.05, 0.1) is 31.4 Å². The van der Waals surface area contributed by atoms with Crippen LogP contribution in [-0.2, 0) is 9.53 Å². The van der Waals surface area contributed by atoms with Crippen molar-refractivity contribution in [3.63, 3.8) is 0 Å². The van der Waals surface area contributed by atoms with Gasteiger partial charge in [-0.15, -0.1) is 0 Å². The Hall–Kier alpha value is -3.19. The van der Waals surface area contributed by atoms with E-state index in [1.165, 1.54) is 11.8 Å². The second-order valence-electron chi connectivity index (χ2n) is 5.92. The lowest BCUT2D eigenvalue weighted by atomic mass is 10.1. The van der Waals surface area contributed by atoms with E-state index in [2.05, 4.69) is 4.99 Å². The molecular formula is C22H21NO5S. The van der Waals surface area contributed by atoms with Crippen molar-refractivity contribution in [2.75, 3.05) is 20.8 Å². The first-order valence-electron chi connectivity index (χ1n) is 8.93. The summed E-state index contributed by atoms with van der Waals surface area (Å²) in [7, 11) is 3.12. The highest BCUT2D eigenvalue weighted by Crippen LogP contribution is 2.41.